The number of rotatable bonds is 3. The third kappa shape index (κ3) is 2.14. The van der Waals surface area contributed by atoms with Crippen LogP contribution in [-0.4, -0.2) is 15.5 Å². The molecule has 0 unspecified atom stereocenters. The maximum Gasteiger partial charge on any atom is 0.274 e. The van der Waals surface area contributed by atoms with Crippen LogP contribution in [0.3, 0.4) is 0 Å². The first kappa shape index (κ1) is 13.3. The van der Waals surface area contributed by atoms with Gasteiger partial charge in [-0.15, -0.1) is 22.7 Å². The lowest BCUT2D eigenvalue weighted by Crippen LogP contribution is -2.16. The van der Waals surface area contributed by atoms with E-state index in [-0.39, 0.29) is 5.91 Å². The van der Waals surface area contributed by atoms with Gasteiger partial charge in [0.2, 0.25) is 0 Å². The van der Waals surface area contributed by atoms with Gasteiger partial charge in [0.25, 0.3) is 5.91 Å². The van der Waals surface area contributed by atoms with Crippen LogP contribution in [0.4, 0.5) is 5.13 Å². The largest absolute Gasteiger partial charge is 0.336 e. The summed E-state index contributed by atoms with van der Waals surface area (Å²) in [4.78, 5) is 17.9. The highest BCUT2D eigenvalue weighted by atomic mass is 32.1. The molecule has 4 nitrogen and oxygen atoms in total. The van der Waals surface area contributed by atoms with Gasteiger partial charge in [-0.2, -0.15) is 0 Å². The second-order valence-electron chi connectivity index (χ2n) is 4.56. The lowest BCUT2D eigenvalue weighted by atomic mass is 10.4. The van der Waals surface area contributed by atoms with Gasteiger partial charge in [0.05, 0.1) is 15.9 Å². The molecule has 3 heterocycles. The van der Waals surface area contributed by atoms with Crippen LogP contribution < -0.4 is 5.32 Å². The summed E-state index contributed by atoms with van der Waals surface area (Å²) < 4.78 is 3.18. The molecule has 0 aliphatic heterocycles. The Labute approximate surface area is 125 Å². The van der Waals surface area contributed by atoms with Gasteiger partial charge in [0.1, 0.15) is 5.69 Å². The topological polar surface area (TPSA) is 46.9 Å². The lowest BCUT2D eigenvalue weighted by Gasteiger charge is -2.06. The van der Waals surface area contributed by atoms with Crippen molar-refractivity contribution in [2.24, 2.45) is 0 Å². The molecule has 0 spiro atoms. The zero-order chi connectivity index (χ0) is 14.3. The number of thiazole rings is 1. The Kier molecular flexibility index (Phi) is 3.35. The van der Waals surface area contributed by atoms with Gasteiger partial charge in [-0.25, -0.2) is 4.98 Å². The number of amides is 1. The van der Waals surface area contributed by atoms with Crippen molar-refractivity contribution in [1.29, 1.82) is 0 Å². The Balaban J connectivity index is 1.93. The predicted octanol–water partition coefficient (Wildman–Crippen LogP) is 4.05. The molecule has 0 saturated carbocycles. The molecule has 1 amide bonds. The Morgan fingerprint density at radius 2 is 2.25 bits per heavy atom. The minimum atomic E-state index is -0.0935. The van der Waals surface area contributed by atoms with Crippen molar-refractivity contribution >= 4 is 43.9 Å². The molecule has 0 aromatic carbocycles. The molecule has 20 heavy (non-hydrogen) atoms. The second-order valence-corrected chi connectivity index (χ2v) is 6.71. The minimum Gasteiger partial charge on any atom is -0.336 e. The number of aromatic nitrogens is 2. The average Bonchev–Trinajstić information content (AvgIpc) is 3.04. The van der Waals surface area contributed by atoms with E-state index in [9.17, 15) is 4.79 Å². The number of hydrogen-bond acceptors (Lipinski definition) is 4. The molecular formula is C14H15N3OS2. The molecule has 3 rings (SSSR count). The Bertz CT molecular complexity index is 762. The molecule has 0 saturated heterocycles. The minimum absolute atomic E-state index is 0.0935. The average molecular weight is 305 g/mol. The van der Waals surface area contributed by atoms with E-state index in [1.165, 1.54) is 11.3 Å². The van der Waals surface area contributed by atoms with E-state index >= 15 is 0 Å². The lowest BCUT2D eigenvalue weighted by molar-refractivity contribution is 0.101. The number of anilines is 1. The maximum atomic E-state index is 12.4. The van der Waals surface area contributed by atoms with E-state index in [1.807, 2.05) is 36.8 Å². The van der Waals surface area contributed by atoms with Crippen molar-refractivity contribution in [3.05, 3.63) is 33.8 Å². The van der Waals surface area contributed by atoms with Crippen LogP contribution in [0.2, 0.25) is 0 Å². The van der Waals surface area contributed by atoms with E-state index in [0.29, 0.717) is 10.8 Å². The van der Waals surface area contributed by atoms with Crippen molar-refractivity contribution in [3.8, 4) is 0 Å². The van der Waals surface area contributed by atoms with Crippen LogP contribution >= 0.6 is 22.7 Å². The number of nitrogens with one attached hydrogen (secondary N) is 1. The zero-order valence-electron chi connectivity index (χ0n) is 11.6. The number of hydrogen-bond donors (Lipinski definition) is 1. The van der Waals surface area contributed by atoms with E-state index in [1.54, 1.807) is 11.3 Å². The number of aryl methyl sites for hydroxylation is 3. The SMILES string of the molecule is CCn1c(C(=O)Nc2nc(C)c(C)s2)cc2sccc21. The molecule has 6 heteroatoms. The summed E-state index contributed by atoms with van der Waals surface area (Å²) in [6, 6.07) is 4.00. The third-order valence-corrected chi connectivity index (χ3v) is 5.16. The molecule has 0 aliphatic carbocycles. The molecule has 3 aromatic rings. The highest BCUT2D eigenvalue weighted by Gasteiger charge is 2.17. The molecule has 3 aromatic heterocycles. The van der Waals surface area contributed by atoms with Crippen LogP contribution in [0.1, 0.15) is 28.0 Å². The van der Waals surface area contributed by atoms with E-state index in [4.69, 9.17) is 0 Å². The van der Waals surface area contributed by atoms with Gasteiger partial charge in [0.15, 0.2) is 5.13 Å². The van der Waals surface area contributed by atoms with Crippen LogP contribution in [-0.2, 0) is 6.54 Å². The number of fused-ring (bicyclic) bond motifs is 1. The van der Waals surface area contributed by atoms with Crippen molar-refractivity contribution < 1.29 is 4.79 Å². The normalized spacial score (nSPS) is 11.2. The van der Waals surface area contributed by atoms with Crippen molar-refractivity contribution in [2.75, 3.05) is 5.32 Å². The fourth-order valence-electron chi connectivity index (χ4n) is 2.19. The van der Waals surface area contributed by atoms with Gasteiger partial charge in [-0.1, -0.05) is 0 Å². The smallest absolute Gasteiger partial charge is 0.274 e. The van der Waals surface area contributed by atoms with Crippen molar-refractivity contribution in [1.82, 2.24) is 9.55 Å². The summed E-state index contributed by atoms with van der Waals surface area (Å²) in [5, 5.41) is 5.61. The Morgan fingerprint density at radius 1 is 1.45 bits per heavy atom. The van der Waals surface area contributed by atoms with Crippen LogP contribution in [0.5, 0.6) is 0 Å². The third-order valence-electron chi connectivity index (χ3n) is 3.32. The fourth-order valence-corrected chi connectivity index (χ4v) is 3.83. The number of carbonyl (C=O) groups excluding carboxylic acids is 1. The molecular weight excluding hydrogens is 290 g/mol. The summed E-state index contributed by atoms with van der Waals surface area (Å²) in [6.07, 6.45) is 0. The first-order valence-corrected chi connectivity index (χ1v) is 8.12. The highest BCUT2D eigenvalue weighted by molar-refractivity contribution is 7.17. The highest BCUT2D eigenvalue weighted by Crippen LogP contribution is 2.27. The van der Waals surface area contributed by atoms with E-state index < -0.39 is 0 Å². The monoisotopic (exact) mass is 305 g/mol. The van der Waals surface area contributed by atoms with E-state index in [2.05, 4.69) is 16.4 Å². The summed E-state index contributed by atoms with van der Waals surface area (Å²) in [7, 11) is 0. The number of nitrogens with zero attached hydrogens (tertiary/aromatic N) is 2. The number of thiophene rings is 1. The zero-order valence-corrected chi connectivity index (χ0v) is 13.2. The molecule has 0 atom stereocenters. The van der Waals surface area contributed by atoms with Gasteiger partial charge < -0.3 is 4.57 Å². The maximum absolute atomic E-state index is 12.4. The molecule has 104 valence electrons. The number of carbonyl (C=O) groups is 1. The van der Waals surface area contributed by atoms with Crippen LogP contribution in [0.15, 0.2) is 17.5 Å². The first-order valence-electron chi connectivity index (χ1n) is 6.42. The van der Waals surface area contributed by atoms with Gasteiger partial charge in [-0.3, -0.25) is 10.1 Å². The van der Waals surface area contributed by atoms with Crippen LogP contribution in [0.25, 0.3) is 10.2 Å². The summed E-state index contributed by atoms with van der Waals surface area (Å²) in [6.45, 7) is 6.78. The van der Waals surface area contributed by atoms with Crippen molar-refractivity contribution in [3.63, 3.8) is 0 Å². The van der Waals surface area contributed by atoms with Gasteiger partial charge in [0, 0.05) is 11.4 Å². The van der Waals surface area contributed by atoms with Gasteiger partial charge >= 0.3 is 0 Å². The molecule has 1 N–H and O–H groups in total. The molecule has 0 radical (unpaired) electrons. The Hall–Kier alpha value is -1.66. The molecule has 0 fully saturated rings. The summed E-state index contributed by atoms with van der Waals surface area (Å²) in [5.41, 5.74) is 2.78. The summed E-state index contributed by atoms with van der Waals surface area (Å²) in [5.74, 6) is -0.0935. The molecule has 0 bridgehead atoms. The quantitative estimate of drug-likeness (QED) is 0.793. The summed E-state index contributed by atoms with van der Waals surface area (Å²) >= 11 is 3.16. The van der Waals surface area contributed by atoms with Gasteiger partial charge in [-0.05, 0) is 38.3 Å². The van der Waals surface area contributed by atoms with Crippen LogP contribution in [0, 0.1) is 13.8 Å². The van der Waals surface area contributed by atoms with Crippen molar-refractivity contribution in [2.45, 2.75) is 27.3 Å². The standard InChI is InChI=1S/C14H15N3OS2/c1-4-17-10-5-6-19-12(10)7-11(17)13(18)16-14-15-8(2)9(3)20-14/h5-7H,4H2,1-3H3,(H,15,16,18). The fraction of sp³-hybridized carbons (Fsp3) is 0.286. The predicted molar refractivity (Wildman–Crippen MR) is 85.0 cm³/mol. The first-order chi connectivity index (χ1) is 9.60. The molecule has 0 aliphatic rings. The Morgan fingerprint density at radius 3 is 2.90 bits per heavy atom. The van der Waals surface area contributed by atoms with E-state index in [0.717, 1.165) is 27.3 Å². The second kappa shape index (κ2) is 5.03.